The fourth-order valence-corrected chi connectivity index (χ4v) is 4.10. The SMILES string of the molecule is CCc1nnc2c(C#N)c(N3CCC(c4cccc(F)c4OC)CC3)ccn12. The number of hydrogen-bond acceptors (Lipinski definition) is 5. The van der Waals surface area contributed by atoms with Crippen LogP contribution in [0.5, 0.6) is 5.75 Å². The van der Waals surface area contributed by atoms with E-state index in [4.69, 9.17) is 4.74 Å². The van der Waals surface area contributed by atoms with Crippen LogP contribution in [0.15, 0.2) is 30.5 Å². The number of anilines is 1. The number of benzene rings is 1. The van der Waals surface area contributed by atoms with Gasteiger partial charge in [-0.25, -0.2) is 4.39 Å². The Morgan fingerprint density at radius 1 is 1.25 bits per heavy atom. The van der Waals surface area contributed by atoms with Crippen LogP contribution in [0, 0.1) is 17.1 Å². The number of nitriles is 1. The van der Waals surface area contributed by atoms with E-state index in [1.165, 1.54) is 13.2 Å². The lowest BCUT2D eigenvalue weighted by atomic mass is 9.88. The minimum Gasteiger partial charge on any atom is -0.493 e. The number of aryl methyl sites for hydroxylation is 1. The molecular weight excluding hydrogens is 357 g/mol. The zero-order chi connectivity index (χ0) is 19.7. The molecule has 1 aliphatic heterocycles. The normalized spacial score (nSPS) is 15.0. The zero-order valence-corrected chi connectivity index (χ0v) is 16.0. The number of pyridine rings is 1. The first kappa shape index (κ1) is 18.2. The van der Waals surface area contributed by atoms with E-state index in [2.05, 4.69) is 21.2 Å². The smallest absolute Gasteiger partial charge is 0.180 e. The summed E-state index contributed by atoms with van der Waals surface area (Å²) in [4.78, 5) is 2.21. The summed E-state index contributed by atoms with van der Waals surface area (Å²) in [5, 5.41) is 18.1. The van der Waals surface area contributed by atoms with Crippen LogP contribution in [0.25, 0.3) is 5.65 Å². The summed E-state index contributed by atoms with van der Waals surface area (Å²) in [6, 6.07) is 9.38. The van der Waals surface area contributed by atoms with Crippen molar-refractivity contribution < 1.29 is 9.13 Å². The van der Waals surface area contributed by atoms with Crippen LogP contribution >= 0.6 is 0 Å². The van der Waals surface area contributed by atoms with Gasteiger partial charge in [0.1, 0.15) is 17.5 Å². The first-order chi connectivity index (χ1) is 13.7. The van der Waals surface area contributed by atoms with E-state index in [0.717, 1.165) is 49.4 Å². The predicted molar refractivity (Wildman–Crippen MR) is 104 cm³/mol. The molecule has 6 nitrogen and oxygen atoms in total. The first-order valence-corrected chi connectivity index (χ1v) is 9.52. The standard InChI is InChI=1S/C21H22FN5O/c1-3-19-24-25-21-16(13-23)18(9-12-27(19)21)26-10-7-14(8-11-26)15-5-4-6-17(22)20(15)28-2/h4-6,9,12,14H,3,7-8,10-11H2,1-2H3. The van der Waals surface area contributed by atoms with Crippen molar-refractivity contribution in [2.24, 2.45) is 0 Å². The highest BCUT2D eigenvalue weighted by Gasteiger charge is 2.26. The van der Waals surface area contributed by atoms with Crippen LogP contribution in [0.4, 0.5) is 10.1 Å². The second-order valence-electron chi connectivity index (χ2n) is 6.97. The molecule has 0 atom stereocenters. The monoisotopic (exact) mass is 379 g/mol. The van der Waals surface area contributed by atoms with Crippen molar-refractivity contribution in [3.63, 3.8) is 0 Å². The van der Waals surface area contributed by atoms with Crippen molar-refractivity contribution in [2.75, 3.05) is 25.1 Å². The van der Waals surface area contributed by atoms with Crippen molar-refractivity contribution in [2.45, 2.75) is 32.1 Å². The molecule has 1 fully saturated rings. The molecule has 1 aliphatic rings. The Labute approximate surface area is 163 Å². The van der Waals surface area contributed by atoms with Gasteiger partial charge < -0.3 is 9.64 Å². The number of aromatic nitrogens is 3. The van der Waals surface area contributed by atoms with Crippen LogP contribution < -0.4 is 9.64 Å². The maximum Gasteiger partial charge on any atom is 0.180 e. The lowest BCUT2D eigenvalue weighted by molar-refractivity contribution is 0.371. The highest BCUT2D eigenvalue weighted by Crippen LogP contribution is 2.37. The van der Waals surface area contributed by atoms with Gasteiger partial charge in [-0.3, -0.25) is 4.40 Å². The van der Waals surface area contributed by atoms with Gasteiger partial charge in [0.05, 0.1) is 12.8 Å². The Balaban J connectivity index is 1.59. The maximum absolute atomic E-state index is 14.0. The number of methoxy groups -OCH3 is 1. The van der Waals surface area contributed by atoms with Crippen LogP contribution in [0.3, 0.4) is 0 Å². The van der Waals surface area contributed by atoms with Gasteiger partial charge in [0, 0.05) is 31.3 Å². The molecule has 144 valence electrons. The Bertz CT molecular complexity index is 1050. The van der Waals surface area contributed by atoms with E-state index in [1.807, 2.05) is 29.7 Å². The van der Waals surface area contributed by atoms with Crippen molar-refractivity contribution in [1.82, 2.24) is 14.6 Å². The average Bonchev–Trinajstić information content (AvgIpc) is 3.16. The van der Waals surface area contributed by atoms with E-state index < -0.39 is 0 Å². The van der Waals surface area contributed by atoms with Gasteiger partial charge in [-0.2, -0.15) is 5.26 Å². The molecule has 0 spiro atoms. The van der Waals surface area contributed by atoms with Crippen LogP contribution in [0.1, 0.15) is 42.6 Å². The van der Waals surface area contributed by atoms with E-state index in [0.29, 0.717) is 17.0 Å². The molecule has 0 radical (unpaired) electrons. The van der Waals surface area contributed by atoms with Gasteiger partial charge in [0.2, 0.25) is 0 Å². The number of piperidine rings is 1. The summed E-state index contributed by atoms with van der Waals surface area (Å²) in [5.74, 6) is 1.10. The van der Waals surface area contributed by atoms with Crippen LogP contribution in [-0.2, 0) is 6.42 Å². The van der Waals surface area contributed by atoms with Gasteiger partial charge in [-0.1, -0.05) is 19.1 Å². The number of ether oxygens (including phenoxy) is 1. The summed E-state index contributed by atoms with van der Waals surface area (Å²) in [7, 11) is 1.51. The van der Waals surface area contributed by atoms with Gasteiger partial charge in [0.25, 0.3) is 0 Å². The molecule has 28 heavy (non-hydrogen) atoms. The second kappa shape index (κ2) is 7.47. The molecule has 2 aromatic heterocycles. The molecule has 3 heterocycles. The lowest BCUT2D eigenvalue weighted by Crippen LogP contribution is -2.33. The van der Waals surface area contributed by atoms with Crippen molar-refractivity contribution >= 4 is 11.3 Å². The second-order valence-corrected chi connectivity index (χ2v) is 6.97. The Morgan fingerprint density at radius 2 is 2.04 bits per heavy atom. The zero-order valence-electron chi connectivity index (χ0n) is 16.0. The molecule has 0 amide bonds. The average molecular weight is 379 g/mol. The lowest BCUT2D eigenvalue weighted by Gasteiger charge is -2.34. The number of hydrogen-bond donors (Lipinski definition) is 0. The van der Waals surface area contributed by atoms with Gasteiger partial charge in [0.15, 0.2) is 17.2 Å². The Kier molecular flexibility index (Phi) is 4.86. The van der Waals surface area contributed by atoms with E-state index in [1.54, 1.807) is 6.07 Å². The Hall–Kier alpha value is -3.14. The highest BCUT2D eigenvalue weighted by atomic mass is 19.1. The van der Waals surface area contributed by atoms with Gasteiger partial charge in [-0.05, 0) is 30.9 Å². The fourth-order valence-electron chi connectivity index (χ4n) is 4.10. The molecule has 1 saturated heterocycles. The molecule has 3 aromatic rings. The third-order valence-corrected chi connectivity index (χ3v) is 5.53. The summed E-state index contributed by atoms with van der Waals surface area (Å²) >= 11 is 0. The van der Waals surface area contributed by atoms with Crippen molar-refractivity contribution in [3.8, 4) is 11.8 Å². The molecule has 0 aliphatic carbocycles. The molecule has 1 aromatic carbocycles. The number of rotatable bonds is 4. The third-order valence-electron chi connectivity index (χ3n) is 5.53. The topological polar surface area (TPSA) is 66.5 Å². The molecule has 0 bridgehead atoms. The molecule has 0 N–H and O–H groups in total. The minimum atomic E-state index is -0.321. The summed E-state index contributed by atoms with van der Waals surface area (Å²) in [5.41, 5.74) is 2.96. The summed E-state index contributed by atoms with van der Waals surface area (Å²) < 4.78 is 21.2. The predicted octanol–water partition coefficient (Wildman–Crippen LogP) is 3.70. The fraction of sp³-hybridized carbons (Fsp3) is 0.381. The number of nitrogens with zero attached hydrogens (tertiary/aromatic N) is 5. The van der Waals surface area contributed by atoms with E-state index >= 15 is 0 Å². The van der Waals surface area contributed by atoms with E-state index in [9.17, 15) is 9.65 Å². The number of para-hydroxylation sites is 1. The highest BCUT2D eigenvalue weighted by molar-refractivity contribution is 5.71. The van der Waals surface area contributed by atoms with Crippen molar-refractivity contribution in [3.05, 3.63) is 53.2 Å². The van der Waals surface area contributed by atoms with Crippen LogP contribution in [-0.4, -0.2) is 34.8 Å². The number of halogens is 1. The molecule has 7 heteroatoms. The summed E-state index contributed by atoms with van der Waals surface area (Å²) in [6.07, 6.45) is 4.42. The van der Waals surface area contributed by atoms with Crippen molar-refractivity contribution in [1.29, 1.82) is 5.26 Å². The minimum absolute atomic E-state index is 0.232. The first-order valence-electron chi connectivity index (χ1n) is 9.52. The molecule has 0 saturated carbocycles. The van der Waals surface area contributed by atoms with E-state index in [-0.39, 0.29) is 11.7 Å². The van der Waals surface area contributed by atoms with Crippen LogP contribution in [0.2, 0.25) is 0 Å². The maximum atomic E-state index is 14.0. The van der Waals surface area contributed by atoms with Gasteiger partial charge in [-0.15, -0.1) is 10.2 Å². The third kappa shape index (κ3) is 2.95. The molecule has 0 unspecified atom stereocenters. The van der Waals surface area contributed by atoms with Gasteiger partial charge >= 0.3 is 0 Å². The Morgan fingerprint density at radius 3 is 2.71 bits per heavy atom. The quantitative estimate of drug-likeness (QED) is 0.692. The molecular formula is C21H22FN5O. The molecule has 4 rings (SSSR count). The summed E-state index contributed by atoms with van der Waals surface area (Å²) in [6.45, 7) is 3.58. The number of fused-ring (bicyclic) bond motifs is 1. The largest absolute Gasteiger partial charge is 0.493 e.